The number of benzene rings is 2. The van der Waals surface area contributed by atoms with Gasteiger partial charge in [-0.15, -0.1) is 0 Å². The lowest BCUT2D eigenvalue weighted by Crippen LogP contribution is -1.87. The van der Waals surface area contributed by atoms with Crippen molar-refractivity contribution < 1.29 is 13.5 Å². The third-order valence-corrected chi connectivity index (χ3v) is 2.26. The van der Waals surface area contributed by atoms with Crippen molar-refractivity contribution in [2.75, 3.05) is 7.11 Å². The number of ether oxygens (including phenoxy) is 1. The average Bonchev–Trinajstić information content (AvgIpc) is 2.28. The molecule has 0 saturated carbocycles. The Balaban J connectivity index is 2.51. The minimum atomic E-state index is -0.404. The highest BCUT2D eigenvalue weighted by Gasteiger charge is 2.04. The first kappa shape index (κ1) is 10.6. The summed E-state index contributed by atoms with van der Waals surface area (Å²) in [5.41, 5.74) is 1.22. The number of halogens is 2. The van der Waals surface area contributed by atoms with Crippen LogP contribution in [0.5, 0.6) is 5.75 Å². The van der Waals surface area contributed by atoms with Gasteiger partial charge in [0, 0.05) is 6.07 Å². The van der Waals surface area contributed by atoms with E-state index in [1.165, 1.54) is 31.4 Å². The normalized spacial score (nSPS) is 10.2. The Morgan fingerprint density at radius 2 is 1.62 bits per heavy atom. The van der Waals surface area contributed by atoms with Gasteiger partial charge in [0.05, 0.1) is 7.11 Å². The molecule has 0 aliphatic rings. The van der Waals surface area contributed by atoms with Crippen LogP contribution in [0.25, 0.3) is 11.1 Å². The minimum Gasteiger partial charge on any atom is -0.497 e. The van der Waals surface area contributed by atoms with Crippen LogP contribution in [0.3, 0.4) is 0 Å². The van der Waals surface area contributed by atoms with Crippen molar-refractivity contribution in [3.05, 3.63) is 54.1 Å². The van der Waals surface area contributed by atoms with Crippen LogP contribution in [-0.4, -0.2) is 7.11 Å². The summed E-state index contributed by atoms with van der Waals surface area (Å²) in [4.78, 5) is 0. The van der Waals surface area contributed by atoms with Crippen LogP contribution < -0.4 is 4.74 Å². The molecule has 0 N–H and O–H groups in total. The van der Waals surface area contributed by atoms with E-state index in [-0.39, 0.29) is 5.82 Å². The second kappa shape index (κ2) is 4.31. The first-order valence-electron chi connectivity index (χ1n) is 4.79. The van der Waals surface area contributed by atoms with Crippen LogP contribution in [0.1, 0.15) is 0 Å². The van der Waals surface area contributed by atoms with Crippen molar-refractivity contribution in [2.45, 2.75) is 0 Å². The molecule has 1 nitrogen and oxygen atoms in total. The van der Waals surface area contributed by atoms with Crippen molar-refractivity contribution in [2.24, 2.45) is 0 Å². The monoisotopic (exact) mass is 220 g/mol. The maximum Gasteiger partial charge on any atom is 0.127 e. The molecule has 0 saturated heterocycles. The molecule has 2 rings (SSSR count). The number of hydrogen-bond acceptors (Lipinski definition) is 1. The van der Waals surface area contributed by atoms with E-state index in [9.17, 15) is 8.78 Å². The standard InChI is InChI=1S/C13H10F2O/c1-16-13-7-10(6-12(15)8-13)9-3-2-4-11(14)5-9/h2-8H,1H3. The molecule has 0 amide bonds. The zero-order valence-corrected chi connectivity index (χ0v) is 8.71. The van der Waals surface area contributed by atoms with E-state index in [2.05, 4.69) is 0 Å². The van der Waals surface area contributed by atoms with Gasteiger partial charge in [0.25, 0.3) is 0 Å². The summed E-state index contributed by atoms with van der Waals surface area (Å²) in [6.45, 7) is 0. The predicted molar refractivity (Wildman–Crippen MR) is 58.3 cm³/mol. The lowest BCUT2D eigenvalue weighted by Gasteiger charge is -2.05. The molecular formula is C13H10F2O. The Kier molecular flexibility index (Phi) is 2.86. The largest absolute Gasteiger partial charge is 0.497 e. The Morgan fingerprint density at radius 3 is 2.31 bits per heavy atom. The molecule has 0 atom stereocenters. The topological polar surface area (TPSA) is 9.23 Å². The second-order valence-corrected chi connectivity index (χ2v) is 3.39. The molecule has 2 aromatic rings. The highest BCUT2D eigenvalue weighted by atomic mass is 19.1. The van der Waals surface area contributed by atoms with Gasteiger partial charge in [0.2, 0.25) is 0 Å². The predicted octanol–water partition coefficient (Wildman–Crippen LogP) is 3.64. The zero-order valence-electron chi connectivity index (χ0n) is 8.71. The van der Waals surface area contributed by atoms with Gasteiger partial charge in [-0.1, -0.05) is 12.1 Å². The molecule has 0 bridgehead atoms. The van der Waals surface area contributed by atoms with E-state index in [0.717, 1.165) is 0 Å². The van der Waals surface area contributed by atoms with Crippen molar-refractivity contribution in [3.63, 3.8) is 0 Å². The van der Waals surface area contributed by atoms with Crippen LogP contribution in [-0.2, 0) is 0 Å². The third-order valence-electron chi connectivity index (χ3n) is 2.26. The van der Waals surface area contributed by atoms with E-state index in [0.29, 0.717) is 16.9 Å². The van der Waals surface area contributed by atoms with Crippen LogP contribution in [0.4, 0.5) is 8.78 Å². The van der Waals surface area contributed by atoms with E-state index < -0.39 is 5.82 Å². The molecule has 0 unspecified atom stereocenters. The van der Waals surface area contributed by atoms with E-state index in [4.69, 9.17) is 4.74 Å². The highest BCUT2D eigenvalue weighted by molar-refractivity contribution is 5.65. The van der Waals surface area contributed by atoms with Crippen molar-refractivity contribution in [3.8, 4) is 16.9 Å². The summed E-state index contributed by atoms with van der Waals surface area (Å²) in [5, 5.41) is 0. The molecule has 3 heteroatoms. The van der Waals surface area contributed by atoms with Crippen LogP contribution in [0, 0.1) is 11.6 Å². The molecule has 0 aliphatic heterocycles. The van der Waals surface area contributed by atoms with Gasteiger partial charge in [-0.3, -0.25) is 0 Å². The molecule has 0 heterocycles. The first-order chi connectivity index (χ1) is 7.69. The minimum absolute atomic E-state index is 0.347. The highest BCUT2D eigenvalue weighted by Crippen LogP contribution is 2.25. The molecule has 0 radical (unpaired) electrons. The first-order valence-corrected chi connectivity index (χ1v) is 4.79. The summed E-state index contributed by atoms with van der Waals surface area (Å²) in [7, 11) is 1.46. The molecule has 2 aromatic carbocycles. The number of hydrogen-bond donors (Lipinski definition) is 0. The van der Waals surface area contributed by atoms with Gasteiger partial charge in [0.15, 0.2) is 0 Å². The molecule has 16 heavy (non-hydrogen) atoms. The summed E-state index contributed by atoms with van der Waals surface area (Å²) in [5.74, 6) is -0.335. The lowest BCUT2D eigenvalue weighted by molar-refractivity contribution is 0.411. The van der Waals surface area contributed by atoms with E-state index in [1.807, 2.05) is 0 Å². The Labute approximate surface area is 92.3 Å². The fourth-order valence-electron chi connectivity index (χ4n) is 1.52. The van der Waals surface area contributed by atoms with Gasteiger partial charge in [-0.2, -0.15) is 0 Å². The smallest absolute Gasteiger partial charge is 0.127 e. The lowest BCUT2D eigenvalue weighted by atomic mass is 10.1. The molecule has 82 valence electrons. The van der Waals surface area contributed by atoms with Gasteiger partial charge < -0.3 is 4.74 Å². The Hall–Kier alpha value is -1.90. The zero-order chi connectivity index (χ0) is 11.5. The van der Waals surface area contributed by atoms with Crippen LogP contribution >= 0.6 is 0 Å². The fraction of sp³-hybridized carbons (Fsp3) is 0.0769. The van der Waals surface area contributed by atoms with Gasteiger partial charge in [-0.25, -0.2) is 8.78 Å². The molecular weight excluding hydrogens is 210 g/mol. The summed E-state index contributed by atoms with van der Waals surface area (Å²) in [6.07, 6.45) is 0. The van der Waals surface area contributed by atoms with Crippen molar-refractivity contribution >= 4 is 0 Å². The van der Waals surface area contributed by atoms with Gasteiger partial charge in [0.1, 0.15) is 17.4 Å². The van der Waals surface area contributed by atoms with Crippen LogP contribution in [0.2, 0.25) is 0 Å². The second-order valence-electron chi connectivity index (χ2n) is 3.39. The Bertz CT molecular complexity index is 509. The van der Waals surface area contributed by atoms with E-state index >= 15 is 0 Å². The maximum atomic E-state index is 13.2. The van der Waals surface area contributed by atoms with Crippen molar-refractivity contribution in [1.82, 2.24) is 0 Å². The molecule has 0 aliphatic carbocycles. The SMILES string of the molecule is COc1cc(F)cc(-c2cccc(F)c2)c1. The summed E-state index contributed by atoms with van der Waals surface area (Å²) in [6, 6.07) is 10.3. The summed E-state index contributed by atoms with van der Waals surface area (Å²) < 4.78 is 31.2. The van der Waals surface area contributed by atoms with E-state index in [1.54, 1.807) is 18.2 Å². The maximum absolute atomic E-state index is 13.2. The number of rotatable bonds is 2. The third kappa shape index (κ3) is 2.19. The number of methoxy groups -OCH3 is 1. The van der Waals surface area contributed by atoms with Gasteiger partial charge >= 0.3 is 0 Å². The molecule has 0 fully saturated rings. The quantitative estimate of drug-likeness (QED) is 0.750. The van der Waals surface area contributed by atoms with Gasteiger partial charge in [-0.05, 0) is 35.4 Å². The Morgan fingerprint density at radius 1 is 0.875 bits per heavy atom. The van der Waals surface area contributed by atoms with Crippen molar-refractivity contribution in [1.29, 1.82) is 0 Å². The fourth-order valence-corrected chi connectivity index (χ4v) is 1.52. The summed E-state index contributed by atoms with van der Waals surface area (Å²) >= 11 is 0. The average molecular weight is 220 g/mol. The molecule has 0 spiro atoms. The van der Waals surface area contributed by atoms with Crippen LogP contribution in [0.15, 0.2) is 42.5 Å². The molecule has 0 aromatic heterocycles.